The molecule has 2 aliphatic rings. The van der Waals surface area contributed by atoms with Gasteiger partial charge >= 0.3 is 0 Å². The number of guanidine groups is 1. The first kappa shape index (κ1) is 14.1. The van der Waals surface area contributed by atoms with Gasteiger partial charge in [0.25, 0.3) is 0 Å². The Morgan fingerprint density at radius 2 is 2.10 bits per heavy atom. The first-order chi connectivity index (χ1) is 10.2. The first-order valence-corrected chi connectivity index (χ1v) is 8.69. The van der Waals surface area contributed by atoms with Crippen LogP contribution < -0.4 is 10.6 Å². The largest absolute Gasteiger partial charge is 0.491 e. The van der Waals surface area contributed by atoms with Crippen molar-refractivity contribution in [3.8, 4) is 0 Å². The standard InChI is InChI=1S/C16H21N3OS/c1-12(2)20-14-7-10-21(11-14)15-5-3-13(4-6-15)19-16-17-8-9-18-16/h3-7,10-12,21H,8-9H2,1-2H3,(H2,17,18,19). The Morgan fingerprint density at radius 1 is 1.29 bits per heavy atom. The number of hydrogen-bond acceptors (Lipinski definition) is 4. The summed E-state index contributed by atoms with van der Waals surface area (Å²) in [5.74, 6) is 1.85. The molecule has 2 heterocycles. The number of nitrogens with zero attached hydrogens (tertiary/aromatic N) is 1. The molecular weight excluding hydrogens is 282 g/mol. The second kappa shape index (κ2) is 6.26. The van der Waals surface area contributed by atoms with Gasteiger partial charge in [-0.15, -0.1) is 0 Å². The molecule has 4 nitrogen and oxygen atoms in total. The molecule has 1 aromatic carbocycles. The van der Waals surface area contributed by atoms with Gasteiger partial charge in [-0.2, -0.15) is 10.9 Å². The predicted octanol–water partition coefficient (Wildman–Crippen LogP) is 3.21. The molecule has 112 valence electrons. The molecule has 0 aromatic heterocycles. The molecule has 1 atom stereocenters. The predicted molar refractivity (Wildman–Crippen MR) is 91.1 cm³/mol. The van der Waals surface area contributed by atoms with Gasteiger partial charge in [0.15, 0.2) is 5.96 Å². The van der Waals surface area contributed by atoms with Crippen molar-refractivity contribution in [2.24, 2.45) is 4.99 Å². The van der Waals surface area contributed by atoms with Gasteiger partial charge in [-0.25, -0.2) is 0 Å². The van der Waals surface area contributed by atoms with Gasteiger partial charge in [-0.05, 0) is 54.5 Å². The lowest BCUT2D eigenvalue weighted by molar-refractivity contribution is 0.159. The lowest BCUT2D eigenvalue weighted by Crippen LogP contribution is -2.26. The van der Waals surface area contributed by atoms with Gasteiger partial charge in [0.2, 0.25) is 0 Å². The zero-order valence-electron chi connectivity index (χ0n) is 12.3. The van der Waals surface area contributed by atoms with Gasteiger partial charge in [0, 0.05) is 17.6 Å². The minimum absolute atomic E-state index is 0.224. The molecule has 2 N–H and O–H groups in total. The normalized spacial score (nSPS) is 22.0. The summed E-state index contributed by atoms with van der Waals surface area (Å²) in [5.41, 5.74) is 1.06. The van der Waals surface area contributed by atoms with Crippen LogP contribution in [-0.2, 0) is 4.74 Å². The van der Waals surface area contributed by atoms with E-state index in [1.54, 1.807) is 0 Å². The van der Waals surface area contributed by atoms with Gasteiger partial charge in [0.1, 0.15) is 5.76 Å². The second-order valence-electron chi connectivity index (χ2n) is 5.25. The summed E-state index contributed by atoms with van der Waals surface area (Å²) in [6.45, 7) is 5.87. The number of ether oxygens (including phenoxy) is 1. The van der Waals surface area contributed by atoms with E-state index in [0.29, 0.717) is 0 Å². The fourth-order valence-corrected chi connectivity index (χ4v) is 3.84. The highest BCUT2D eigenvalue weighted by atomic mass is 32.2. The summed E-state index contributed by atoms with van der Waals surface area (Å²) < 4.78 is 5.73. The lowest BCUT2D eigenvalue weighted by Gasteiger charge is -2.13. The molecular formula is C16H21N3OS. The van der Waals surface area contributed by atoms with Crippen LogP contribution in [0.3, 0.4) is 0 Å². The molecule has 0 bridgehead atoms. The van der Waals surface area contributed by atoms with Gasteiger partial charge in [-0.1, -0.05) is 0 Å². The maximum atomic E-state index is 5.73. The van der Waals surface area contributed by atoms with Crippen molar-refractivity contribution >= 4 is 22.5 Å². The Hall–Kier alpha value is -1.88. The molecule has 2 aliphatic heterocycles. The number of hydrogen-bond donors (Lipinski definition) is 3. The van der Waals surface area contributed by atoms with E-state index in [0.717, 1.165) is 30.5 Å². The number of rotatable bonds is 4. The van der Waals surface area contributed by atoms with E-state index in [-0.39, 0.29) is 17.0 Å². The zero-order chi connectivity index (χ0) is 14.7. The van der Waals surface area contributed by atoms with E-state index in [9.17, 15) is 0 Å². The summed E-state index contributed by atoms with van der Waals surface area (Å²) in [6, 6.07) is 8.54. The van der Waals surface area contributed by atoms with Crippen LogP contribution in [0.25, 0.3) is 0 Å². The van der Waals surface area contributed by atoms with E-state index in [1.165, 1.54) is 4.90 Å². The molecule has 0 saturated heterocycles. The number of thiol groups is 1. The van der Waals surface area contributed by atoms with Crippen molar-refractivity contribution in [3.63, 3.8) is 0 Å². The van der Waals surface area contributed by atoms with Crippen LogP contribution in [0, 0.1) is 0 Å². The molecule has 0 aliphatic carbocycles. The average Bonchev–Trinajstić information content (AvgIpc) is 3.11. The number of nitrogens with one attached hydrogen (secondary N) is 2. The van der Waals surface area contributed by atoms with Crippen LogP contribution in [0.1, 0.15) is 13.8 Å². The SMILES string of the molecule is CC(C)OC1=C[SH](c2ccc(NC3=NCCN3)cc2)C=C1. The topological polar surface area (TPSA) is 45.6 Å². The van der Waals surface area contributed by atoms with Crippen LogP contribution in [0.5, 0.6) is 0 Å². The van der Waals surface area contributed by atoms with Crippen LogP contribution in [-0.4, -0.2) is 25.2 Å². The molecule has 0 fully saturated rings. The molecule has 21 heavy (non-hydrogen) atoms. The van der Waals surface area contributed by atoms with Gasteiger partial charge in [-0.3, -0.25) is 4.99 Å². The van der Waals surface area contributed by atoms with Crippen LogP contribution in [0.4, 0.5) is 5.69 Å². The van der Waals surface area contributed by atoms with E-state index in [4.69, 9.17) is 4.74 Å². The van der Waals surface area contributed by atoms with E-state index in [2.05, 4.69) is 70.6 Å². The first-order valence-electron chi connectivity index (χ1n) is 7.21. The third-order valence-electron chi connectivity index (χ3n) is 3.14. The highest BCUT2D eigenvalue weighted by molar-refractivity contribution is 8.22. The van der Waals surface area contributed by atoms with Gasteiger partial charge < -0.3 is 15.4 Å². The van der Waals surface area contributed by atoms with E-state index >= 15 is 0 Å². The van der Waals surface area contributed by atoms with Crippen LogP contribution >= 0.6 is 10.9 Å². The quantitative estimate of drug-likeness (QED) is 0.749. The fourth-order valence-electron chi connectivity index (χ4n) is 2.21. The Kier molecular flexibility index (Phi) is 4.20. The maximum absolute atomic E-state index is 5.73. The van der Waals surface area contributed by atoms with E-state index in [1.807, 2.05) is 0 Å². The van der Waals surface area contributed by atoms with Crippen LogP contribution in [0.15, 0.2) is 56.8 Å². The summed E-state index contributed by atoms with van der Waals surface area (Å²) in [7, 11) is -0.379. The lowest BCUT2D eigenvalue weighted by atomic mass is 10.3. The number of aliphatic imine (C=N–C) groups is 1. The maximum Gasteiger partial charge on any atom is 0.195 e. The summed E-state index contributed by atoms with van der Waals surface area (Å²) >= 11 is 0. The van der Waals surface area contributed by atoms with E-state index < -0.39 is 0 Å². The van der Waals surface area contributed by atoms with Crippen molar-refractivity contribution in [2.75, 3.05) is 18.4 Å². The minimum Gasteiger partial charge on any atom is -0.491 e. The molecule has 0 spiro atoms. The molecule has 0 saturated carbocycles. The smallest absolute Gasteiger partial charge is 0.195 e. The Balaban J connectivity index is 1.65. The molecule has 0 amide bonds. The van der Waals surface area contributed by atoms with Gasteiger partial charge in [0.05, 0.1) is 12.6 Å². The molecule has 1 unspecified atom stereocenters. The zero-order valence-corrected chi connectivity index (χ0v) is 13.2. The molecule has 1 aromatic rings. The van der Waals surface area contributed by atoms with Crippen molar-refractivity contribution in [3.05, 3.63) is 46.9 Å². The molecule has 3 rings (SSSR count). The summed E-state index contributed by atoms with van der Waals surface area (Å²) in [5, 5.41) is 10.9. The Morgan fingerprint density at radius 3 is 2.76 bits per heavy atom. The van der Waals surface area contributed by atoms with Crippen molar-refractivity contribution < 1.29 is 4.74 Å². The van der Waals surface area contributed by atoms with Crippen molar-refractivity contribution in [2.45, 2.75) is 24.8 Å². The minimum atomic E-state index is -0.379. The molecule has 5 heteroatoms. The second-order valence-corrected chi connectivity index (χ2v) is 7.14. The third-order valence-corrected chi connectivity index (χ3v) is 5.04. The third kappa shape index (κ3) is 3.61. The average molecular weight is 303 g/mol. The highest BCUT2D eigenvalue weighted by Gasteiger charge is 2.11. The number of anilines is 1. The fraction of sp³-hybridized carbons (Fsp3) is 0.312. The summed E-state index contributed by atoms with van der Waals surface area (Å²) in [4.78, 5) is 5.66. The number of allylic oxidation sites excluding steroid dienone is 1. The molecule has 0 radical (unpaired) electrons. The number of benzene rings is 1. The Bertz CT molecular complexity index is 590. The summed E-state index contributed by atoms with van der Waals surface area (Å²) in [6.07, 6.45) is 2.30. The van der Waals surface area contributed by atoms with Crippen molar-refractivity contribution in [1.29, 1.82) is 0 Å². The highest BCUT2D eigenvalue weighted by Crippen LogP contribution is 2.44. The monoisotopic (exact) mass is 303 g/mol. The van der Waals surface area contributed by atoms with Crippen molar-refractivity contribution in [1.82, 2.24) is 5.32 Å². The Labute approximate surface area is 128 Å². The van der Waals surface area contributed by atoms with Crippen LogP contribution in [0.2, 0.25) is 0 Å².